The number of hydrogen-bond donors (Lipinski definition) is 1. The van der Waals surface area contributed by atoms with Crippen LogP contribution in [0.3, 0.4) is 0 Å². The number of aliphatic hydroxyl groups excluding tert-OH is 1. The monoisotopic (exact) mass is 287 g/mol. The van der Waals surface area contributed by atoms with Gasteiger partial charge in [-0.05, 0) is 26.3 Å². The van der Waals surface area contributed by atoms with Crippen molar-refractivity contribution in [3.63, 3.8) is 0 Å². The first-order valence-corrected chi connectivity index (χ1v) is 7.61. The molecule has 0 spiro atoms. The third-order valence-electron chi connectivity index (χ3n) is 4.20. The molecule has 2 fully saturated rings. The summed E-state index contributed by atoms with van der Waals surface area (Å²) in [4.78, 5) is 10.0. The molecule has 3 rings (SSSR count). The van der Waals surface area contributed by atoms with Crippen LogP contribution in [0.4, 0.5) is 5.13 Å². The highest BCUT2D eigenvalue weighted by Gasteiger charge is 2.35. The van der Waals surface area contributed by atoms with Crippen molar-refractivity contribution in [2.24, 2.45) is 0 Å². The predicted molar refractivity (Wildman–Crippen MR) is 74.4 cm³/mol. The summed E-state index contributed by atoms with van der Waals surface area (Å²) in [6.45, 7) is 2.05. The van der Waals surface area contributed by atoms with Crippen LogP contribution in [-0.4, -0.2) is 47.2 Å². The zero-order valence-corrected chi connectivity index (χ0v) is 12.0. The fraction of sp³-hybridized carbons (Fsp3) is 0.750. The molecule has 6 heteroatoms. The molecule has 1 aromatic heterocycles. The van der Waals surface area contributed by atoms with E-state index in [1.165, 1.54) is 30.6 Å². The fourth-order valence-electron chi connectivity index (χ4n) is 3.04. The number of likely N-dealkylation sites (N-methyl/N-ethyl adjacent to an activating group) is 1. The van der Waals surface area contributed by atoms with Gasteiger partial charge in [-0.25, -0.2) is 4.98 Å². The Kier molecular flexibility index (Phi) is 3.49. The second-order valence-electron chi connectivity index (χ2n) is 5.15. The van der Waals surface area contributed by atoms with Crippen LogP contribution >= 0.6 is 22.9 Å². The number of aromatic nitrogens is 1. The van der Waals surface area contributed by atoms with Crippen LogP contribution in [-0.2, 0) is 6.61 Å². The van der Waals surface area contributed by atoms with E-state index >= 15 is 0 Å². The number of nitrogens with zero attached hydrogens (tertiary/aromatic N) is 3. The number of halogens is 1. The van der Waals surface area contributed by atoms with Crippen LogP contribution in [0, 0.1) is 0 Å². The van der Waals surface area contributed by atoms with Crippen molar-refractivity contribution in [1.82, 2.24) is 9.88 Å². The van der Waals surface area contributed by atoms with Gasteiger partial charge in [-0.2, -0.15) is 0 Å². The van der Waals surface area contributed by atoms with Crippen molar-refractivity contribution in [1.29, 1.82) is 0 Å². The molecule has 2 saturated heterocycles. The normalized spacial score (nSPS) is 28.7. The molecule has 0 amide bonds. The Hall–Kier alpha value is -0.360. The Balaban J connectivity index is 1.80. The molecule has 2 unspecified atom stereocenters. The number of aliphatic hydroxyl groups is 1. The smallest absolute Gasteiger partial charge is 0.187 e. The maximum absolute atomic E-state index is 9.19. The Morgan fingerprint density at radius 1 is 1.39 bits per heavy atom. The van der Waals surface area contributed by atoms with Crippen molar-refractivity contribution in [3.8, 4) is 0 Å². The maximum atomic E-state index is 9.19. The van der Waals surface area contributed by atoms with Crippen LogP contribution in [0.5, 0.6) is 0 Å². The molecular formula is C12H18ClN3OS. The van der Waals surface area contributed by atoms with E-state index in [4.69, 9.17) is 11.6 Å². The number of rotatable bonds is 2. The number of hydrogen-bond acceptors (Lipinski definition) is 5. The predicted octanol–water partition coefficient (Wildman–Crippen LogP) is 1.96. The Morgan fingerprint density at radius 3 is 2.89 bits per heavy atom. The van der Waals surface area contributed by atoms with E-state index in [2.05, 4.69) is 21.8 Å². The second kappa shape index (κ2) is 4.96. The lowest BCUT2D eigenvalue weighted by Gasteiger charge is -2.25. The van der Waals surface area contributed by atoms with Gasteiger partial charge >= 0.3 is 0 Å². The Labute approximate surface area is 116 Å². The van der Waals surface area contributed by atoms with E-state index in [-0.39, 0.29) is 6.61 Å². The van der Waals surface area contributed by atoms with Gasteiger partial charge in [0.15, 0.2) is 5.13 Å². The van der Waals surface area contributed by atoms with Crippen LogP contribution in [0.2, 0.25) is 5.15 Å². The molecule has 3 heterocycles. The molecule has 2 aliphatic rings. The van der Waals surface area contributed by atoms with Crippen molar-refractivity contribution in [2.75, 3.05) is 25.0 Å². The minimum absolute atomic E-state index is 0.0176. The lowest BCUT2D eigenvalue weighted by atomic mass is 10.1. The van der Waals surface area contributed by atoms with Gasteiger partial charge in [-0.1, -0.05) is 22.9 Å². The number of thiazole rings is 1. The van der Waals surface area contributed by atoms with E-state index in [1.54, 1.807) is 0 Å². The van der Waals surface area contributed by atoms with Crippen LogP contribution in [0.25, 0.3) is 0 Å². The summed E-state index contributed by atoms with van der Waals surface area (Å²) in [5.41, 5.74) is 0. The second-order valence-corrected chi connectivity index (χ2v) is 6.57. The summed E-state index contributed by atoms with van der Waals surface area (Å²) in [6.07, 6.45) is 3.80. The van der Waals surface area contributed by atoms with Gasteiger partial charge in [0, 0.05) is 25.2 Å². The maximum Gasteiger partial charge on any atom is 0.187 e. The van der Waals surface area contributed by atoms with E-state index in [0.717, 1.165) is 29.1 Å². The average molecular weight is 288 g/mol. The molecular weight excluding hydrogens is 270 g/mol. The zero-order chi connectivity index (χ0) is 12.7. The fourth-order valence-corrected chi connectivity index (χ4v) is 4.19. The first kappa shape index (κ1) is 12.7. The molecule has 4 nitrogen and oxygen atoms in total. The average Bonchev–Trinajstić information content (AvgIpc) is 2.81. The highest BCUT2D eigenvalue weighted by Crippen LogP contribution is 2.34. The van der Waals surface area contributed by atoms with E-state index in [0.29, 0.717) is 11.2 Å². The van der Waals surface area contributed by atoms with Gasteiger partial charge in [0.1, 0.15) is 5.15 Å². The molecule has 0 radical (unpaired) electrons. The minimum atomic E-state index is -0.0176. The Morgan fingerprint density at radius 2 is 2.17 bits per heavy atom. The van der Waals surface area contributed by atoms with Crippen LogP contribution in [0.15, 0.2) is 0 Å². The summed E-state index contributed by atoms with van der Waals surface area (Å²) < 4.78 is 0. The first-order chi connectivity index (χ1) is 8.69. The Bertz CT molecular complexity index is 439. The molecule has 1 aromatic rings. The van der Waals surface area contributed by atoms with Crippen molar-refractivity contribution in [3.05, 3.63) is 10.0 Å². The summed E-state index contributed by atoms with van der Waals surface area (Å²) in [5.74, 6) is 0. The van der Waals surface area contributed by atoms with Crippen molar-refractivity contribution >= 4 is 28.1 Å². The standard InChI is InChI=1S/C12H18ClN3OS/c1-15-8-2-3-9(15)6-16(5-4-8)12-14-11(13)10(7-17)18-12/h8-9,17H,2-7H2,1H3. The first-order valence-electron chi connectivity index (χ1n) is 6.42. The third kappa shape index (κ3) is 2.13. The third-order valence-corrected chi connectivity index (χ3v) is 5.73. The molecule has 2 bridgehead atoms. The minimum Gasteiger partial charge on any atom is -0.391 e. The molecule has 2 atom stereocenters. The molecule has 100 valence electrons. The van der Waals surface area contributed by atoms with Gasteiger partial charge in [0.05, 0.1) is 11.5 Å². The SMILES string of the molecule is CN1C2CCC1CN(c1nc(Cl)c(CO)s1)CC2. The number of fused-ring (bicyclic) bond motifs is 2. The van der Waals surface area contributed by atoms with Gasteiger partial charge in [0.25, 0.3) is 0 Å². The summed E-state index contributed by atoms with van der Waals surface area (Å²) in [6, 6.07) is 1.37. The van der Waals surface area contributed by atoms with Gasteiger partial charge in [0.2, 0.25) is 0 Å². The summed E-state index contributed by atoms with van der Waals surface area (Å²) >= 11 is 7.53. The van der Waals surface area contributed by atoms with Crippen molar-refractivity contribution in [2.45, 2.75) is 38.0 Å². The van der Waals surface area contributed by atoms with E-state index in [9.17, 15) is 5.11 Å². The quantitative estimate of drug-likeness (QED) is 0.903. The summed E-state index contributed by atoms with van der Waals surface area (Å²) in [7, 11) is 2.24. The molecule has 0 aromatic carbocycles. The van der Waals surface area contributed by atoms with E-state index < -0.39 is 0 Å². The zero-order valence-electron chi connectivity index (χ0n) is 10.5. The lowest BCUT2D eigenvalue weighted by molar-refractivity contribution is 0.254. The van der Waals surface area contributed by atoms with Gasteiger partial charge < -0.3 is 10.0 Å². The molecule has 18 heavy (non-hydrogen) atoms. The van der Waals surface area contributed by atoms with Crippen LogP contribution < -0.4 is 4.90 Å². The van der Waals surface area contributed by atoms with Crippen LogP contribution in [0.1, 0.15) is 24.1 Å². The lowest BCUT2D eigenvalue weighted by Crippen LogP contribution is -2.36. The summed E-state index contributed by atoms with van der Waals surface area (Å²) in [5, 5.41) is 10.6. The van der Waals surface area contributed by atoms with Crippen molar-refractivity contribution < 1.29 is 5.11 Å². The van der Waals surface area contributed by atoms with Gasteiger partial charge in [-0.15, -0.1) is 0 Å². The molecule has 0 aliphatic carbocycles. The highest BCUT2D eigenvalue weighted by molar-refractivity contribution is 7.16. The molecule has 1 N–H and O–H groups in total. The molecule has 2 aliphatic heterocycles. The largest absolute Gasteiger partial charge is 0.391 e. The topological polar surface area (TPSA) is 39.6 Å². The van der Waals surface area contributed by atoms with Gasteiger partial charge in [-0.3, -0.25) is 4.90 Å². The van der Waals surface area contributed by atoms with E-state index in [1.807, 2.05) is 0 Å². The molecule has 0 saturated carbocycles. The number of anilines is 1. The highest BCUT2D eigenvalue weighted by atomic mass is 35.5.